The van der Waals surface area contributed by atoms with Gasteiger partial charge in [-0.15, -0.1) is 0 Å². The van der Waals surface area contributed by atoms with Crippen molar-refractivity contribution in [2.75, 3.05) is 38.0 Å². The Morgan fingerprint density at radius 3 is 2.29 bits per heavy atom. The van der Waals surface area contributed by atoms with Gasteiger partial charge in [0.2, 0.25) is 11.8 Å². The maximum absolute atomic E-state index is 12.7. The quantitative estimate of drug-likeness (QED) is 0.879. The van der Waals surface area contributed by atoms with E-state index in [0.717, 1.165) is 11.4 Å². The van der Waals surface area contributed by atoms with Gasteiger partial charge >= 0.3 is 0 Å². The third kappa shape index (κ3) is 4.78. The van der Waals surface area contributed by atoms with Crippen LogP contribution in [0.25, 0.3) is 5.69 Å². The van der Waals surface area contributed by atoms with E-state index in [0.29, 0.717) is 38.5 Å². The monoisotopic (exact) mass is 383 g/mol. The summed E-state index contributed by atoms with van der Waals surface area (Å²) in [5.74, 6) is 0.683. The maximum atomic E-state index is 12.7. The molecular formula is C21H29N5O2. The first-order valence-corrected chi connectivity index (χ1v) is 9.68. The molecule has 7 nitrogen and oxygen atoms in total. The molecule has 0 bridgehead atoms. The summed E-state index contributed by atoms with van der Waals surface area (Å²) in [4.78, 5) is 28.0. The maximum Gasteiger partial charge on any atom is 0.239 e. The van der Waals surface area contributed by atoms with E-state index in [1.807, 2.05) is 41.3 Å². The van der Waals surface area contributed by atoms with Gasteiger partial charge in [0, 0.05) is 44.6 Å². The second-order valence-corrected chi connectivity index (χ2v) is 8.24. The third-order valence-corrected chi connectivity index (χ3v) is 4.93. The van der Waals surface area contributed by atoms with Crippen LogP contribution in [0.5, 0.6) is 0 Å². The van der Waals surface area contributed by atoms with E-state index in [9.17, 15) is 9.59 Å². The number of hydrogen-bond acceptors (Lipinski definition) is 4. The number of rotatable bonds is 4. The standard InChI is InChI=1S/C21H29N5O2/c1-16(27)25-12-10-24(11-13-25)15-20(28)22-19-14-18(21(2,3)4)23-26(19)17-8-6-5-7-9-17/h5-9,14H,10-13,15H2,1-4H3,(H,22,28). The minimum absolute atomic E-state index is 0.0752. The van der Waals surface area contributed by atoms with Crippen LogP contribution >= 0.6 is 0 Å². The molecule has 0 saturated carbocycles. The minimum Gasteiger partial charge on any atom is -0.340 e. The predicted molar refractivity (Wildman–Crippen MR) is 110 cm³/mol. The van der Waals surface area contributed by atoms with Crippen molar-refractivity contribution < 1.29 is 9.59 Å². The van der Waals surface area contributed by atoms with Gasteiger partial charge in [0.25, 0.3) is 0 Å². The van der Waals surface area contributed by atoms with E-state index in [2.05, 4.69) is 31.0 Å². The molecule has 150 valence electrons. The van der Waals surface area contributed by atoms with Gasteiger partial charge in [0.15, 0.2) is 0 Å². The normalized spacial score (nSPS) is 15.5. The van der Waals surface area contributed by atoms with Crippen LogP contribution in [-0.4, -0.2) is 64.1 Å². The molecule has 2 heterocycles. The van der Waals surface area contributed by atoms with E-state index in [1.54, 1.807) is 11.6 Å². The van der Waals surface area contributed by atoms with Gasteiger partial charge in [-0.25, -0.2) is 4.68 Å². The first-order chi connectivity index (χ1) is 13.2. The number of carbonyl (C=O) groups excluding carboxylic acids is 2. The zero-order valence-electron chi connectivity index (χ0n) is 17.1. The highest BCUT2D eigenvalue weighted by Crippen LogP contribution is 2.26. The summed E-state index contributed by atoms with van der Waals surface area (Å²) in [7, 11) is 0. The van der Waals surface area contributed by atoms with E-state index >= 15 is 0 Å². The van der Waals surface area contributed by atoms with Gasteiger partial charge < -0.3 is 10.2 Å². The molecule has 0 aliphatic carbocycles. The Morgan fingerprint density at radius 2 is 1.71 bits per heavy atom. The topological polar surface area (TPSA) is 70.5 Å². The SMILES string of the molecule is CC(=O)N1CCN(CC(=O)Nc2cc(C(C)(C)C)nn2-c2ccccc2)CC1. The van der Waals surface area contributed by atoms with E-state index < -0.39 is 0 Å². The van der Waals surface area contributed by atoms with Crippen LogP contribution in [-0.2, 0) is 15.0 Å². The van der Waals surface area contributed by atoms with E-state index in [-0.39, 0.29) is 17.2 Å². The molecule has 0 unspecified atom stereocenters. The number of nitrogens with one attached hydrogen (secondary N) is 1. The summed E-state index contributed by atoms with van der Waals surface area (Å²) in [6.45, 7) is 10.9. The van der Waals surface area contributed by atoms with Crippen molar-refractivity contribution in [3.63, 3.8) is 0 Å². The first kappa shape index (κ1) is 20.1. The second-order valence-electron chi connectivity index (χ2n) is 8.24. The lowest BCUT2D eigenvalue weighted by Crippen LogP contribution is -2.49. The van der Waals surface area contributed by atoms with Crippen molar-refractivity contribution >= 4 is 17.6 Å². The Hall–Kier alpha value is -2.67. The zero-order valence-corrected chi connectivity index (χ0v) is 17.1. The van der Waals surface area contributed by atoms with Gasteiger partial charge in [0.1, 0.15) is 5.82 Å². The molecule has 0 radical (unpaired) electrons. The first-order valence-electron chi connectivity index (χ1n) is 9.68. The molecule has 1 N–H and O–H groups in total. The lowest BCUT2D eigenvalue weighted by atomic mass is 9.92. The summed E-state index contributed by atoms with van der Waals surface area (Å²) in [5, 5.41) is 7.75. The van der Waals surface area contributed by atoms with Crippen molar-refractivity contribution in [1.29, 1.82) is 0 Å². The van der Waals surface area contributed by atoms with Crippen molar-refractivity contribution in [3.05, 3.63) is 42.1 Å². The summed E-state index contributed by atoms with van der Waals surface area (Å²) in [6, 6.07) is 11.7. The highest BCUT2D eigenvalue weighted by atomic mass is 16.2. The molecule has 1 saturated heterocycles. The Balaban J connectivity index is 1.72. The van der Waals surface area contributed by atoms with Crippen molar-refractivity contribution in [2.45, 2.75) is 33.1 Å². The van der Waals surface area contributed by atoms with Gasteiger partial charge in [-0.3, -0.25) is 14.5 Å². The summed E-state index contributed by atoms with van der Waals surface area (Å²) in [5.41, 5.74) is 1.70. The molecule has 2 amide bonds. The number of amides is 2. The fraction of sp³-hybridized carbons (Fsp3) is 0.476. The molecule has 3 rings (SSSR count). The molecule has 1 aromatic heterocycles. The summed E-state index contributed by atoms with van der Waals surface area (Å²) in [6.07, 6.45) is 0. The summed E-state index contributed by atoms with van der Waals surface area (Å²) >= 11 is 0. The molecule has 1 aliphatic rings. The second kappa shape index (κ2) is 8.14. The number of anilines is 1. The average Bonchev–Trinajstić information content (AvgIpc) is 3.07. The molecule has 1 fully saturated rings. The van der Waals surface area contributed by atoms with Crippen LogP contribution in [0.4, 0.5) is 5.82 Å². The van der Waals surface area contributed by atoms with E-state index in [1.165, 1.54) is 0 Å². The van der Waals surface area contributed by atoms with Crippen molar-refractivity contribution in [2.24, 2.45) is 0 Å². The van der Waals surface area contributed by atoms with Crippen LogP contribution in [0.1, 0.15) is 33.4 Å². The molecule has 0 spiro atoms. The molecular weight excluding hydrogens is 354 g/mol. The van der Waals surface area contributed by atoms with Crippen LogP contribution in [0.2, 0.25) is 0 Å². The smallest absolute Gasteiger partial charge is 0.239 e. The lowest BCUT2D eigenvalue weighted by Gasteiger charge is -2.33. The van der Waals surface area contributed by atoms with Crippen LogP contribution in [0.3, 0.4) is 0 Å². The summed E-state index contributed by atoms with van der Waals surface area (Å²) < 4.78 is 1.78. The highest BCUT2D eigenvalue weighted by Gasteiger charge is 2.23. The molecule has 28 heavy (non-hydrogen) atoms. The number of nitrogens with zero attached hydrogens (tertiary/aromatic N) is 4. The number of piperazine rings is 1. The van der Waals surface area contributed by atoms with Crippen molar-refractivity contribution in [1.82, 2.24) is 19.6 Å². The number of benzene rings is 1. The number of hydrogen-bond donors (Lipinski definition) is 1. The lowest BCUT2D eigenvalue weighted by molar-refractivity contribution is -0.130. The zero-order chi connectivity index (χ0) is 20.3. The Kier molecular flexibility index (Phi) is 5.84. The number of carbonyl (C=O) groups is 2. The average molecular weight is 383 g/mol. The molecule has 1 aliphatic heterocycles. The van der Waals surface area contributed by atoms with E-state index in [4.69, 9.17) is 5.10 Å². The third-order valence-electron chi connectivity index (χ3n) is 4.93. The Bertz CT molecular complexity index is 830. The largest absolute Gasteiger partial charge is 0.340 e. The van der Waals surface area contributed by atoms with Gasteiger partial charge in [-0.05, 0) is 12.1 Å². The molecule has 1 aromatic carbocycles. The number of aromatic nitrogens is 2. The minimum atomic E-state index is -0.122. The number of para-hydroxylation sites is 1. The molecule has 7 heteroatoms. The molecule has 2 aromatic rings. The van der Waals surface area contributed by atoms with Gasteiger partial charge in [0.05, 0.1) is 17.9 Å². The van der Waals surface area contributed by atoms with Gasteiger partial charge in [-0.2, -0.15) is 5.10 Å². The molecule has 0 atom stereocenters. The fourth-order valence-corrected chi connectivity index (χ4v) is 3.21. The van der Waals surface area contributed by atoms with Crippen LogP contribution in [0, 0.1) is 0 Å². The van der Waals surface area contributed by atoms with Crippen molar-refractivity contribution in [3.8, 4) is 5.69 Å². The fourth-order valence-electron chi connectivity index (χ4n) is 3.21. The highest BCUT2D eigenvalue weighted by molar-refractivity contribution is 5.91. The Labute approximate surface area is 166 Å². The van der Waals surface area contributed by atoms with Gasteiger partial charge in [-0.1, -0.05) is 39.0 Å². The predicted octanol–water partition coefficient (Wildman–Crippen LogP) is 2.27. The Morgan fingerprint density at radius 1 is 1.07 bits per heavy atom. The van der Waals surface area contributed by atoms with Crippen LogP contribution in [0.15, 0.2) is 36.4 Å². The van der Waals surface area contributed by atoms with Crippen LogP contribution < -0.4 is 5.32 Å².